The summed E-state index contributed by atoms with van der Waals surface area (Å²) in [6.45, 7) is 14.9. The SMILES string of the molecule is CCNC(=NCc1ncc(CC)s1)NCC(C(C)C)N1CCOCC1.I. The van der Waals surface area contributed by atoms with Crippen LogP contribution in [-0.2, 0) is 17.7 Å². The van der Waals surface area contributed by atoms with Crippen LogP contribution in [0.15, 0.2) is 11.2 Å². The van der Waals surface area contributed by atoms with Crippen molar-refractivity contribution in [2.24, 2.45) is 10.9 Å². The van der Waals surface area contributed by atoms with Crippen LogP contribution < -0.4 is 10.6 Å². The fraction of sp³-hybridized carbons (Fsp3) is 0.778. The summed E-state index contributed by atoms with van der Waals surface area (Å²) in [4.78, 5) is 13.0. The largest absolute Gasteiger partial charge is 0.379 e. The summed E-state index contributed by atoms with van der Waals surface area (Å²) in [5, 5.41) is 7.94. The maximum Gasteiger partial charge on any atom is 0.191 e. The van der Waals surface area contributed by atoms with Crippen LogP contribution in [0.2, 0.25) is 0 Å². The summed E-state index contributed by atoms with van der Waals surface area (Å²) in [5.74, 6) is 1.45. The second-order valence-corrected chi connectivity index (χ2v) is 7.81. The molecule has 26 heavy (non-hydrogen) atoms. The van der Waals surface area contributed by atoms with Crippen molar-refractivity contribution >= 4 is 41.3 Å². The van der Waals surface area contributed by atoms with Gasteiger partial charge in [0.05, 0.1) is 19.8 Å². The monoisotopic (exact) mass is 495 g/mol. The molecule has 0 spiro atoms. The topological polar surface area (TPSA) is 61.8 Å². The highest BCUT2D eigenvalue weighted by Crippen LogP contribution is 2.14. The van der Waals surface area contributed by atoms with Crippen LogP contribution in [0.4, 0.5) is 0 Å². The smallest absolute Gasteiger partial charge is 0.191 e. The fourth-order valence-electron chi connectivity index (χ4n) is 2.97. The number of aryl methyl sites for hydroxylation is 1. The van der Waals surface area contributed by atoms with Gasteiger partial charge in [-0.15, -0.1) is 35.3 Å². The van der Waals surface area contributed by atoms with Crippen LogP contribution in [0.3, 0.4) is 0 Å². The molecule has 1 aromatic rings. The molecule has 0 amide bonds. The minimum Gasteiger partial charge on any atom is -0.379 e. The van der Waals surface area contributed by atoms with Gasteiger partial charge < -0.3 is 15.4 Å². The van der Waals surface area contributed by atoms with E-state index in [1.165, 1.54) is 4.88 Å². The van der Waals surface area contributed by atoms with Gasteiger partial charge in [-0.25, -0.2) is 9.98 Å². The molecule has 1 aliphatic heterocycles. The average Bonchev–Trinajstić information content (AvgIpc) is 3.08. The van der Waals surface area contributed by atoms with Crippen molar-refractivity contribution in [3.8, 4) is 0 Å². The molecule has 2 heterocycles. The molecule has 150 valence electrons. The first-order valence-corrected chi connectivity index (χ1v) is 10.2. The standard InChI is InChI=1S/C18H33N5OS.HI/c1-5-15-11-20-17(25-15)13-22-18(19-6-2)21-12-16(14(3)4)23-7-9-24-10-8-23;/h11,14,16H,5-10,12-13H2,1-4H3,(H2,19,21,22);1H. The summed E-state index contributed by atoms with van der Waals surface area (Å²) < 4.78 is 5.49. The predicted molar refractivity (Wildman–Crippen MR) is 121 cm³/mol. The summed E-state index contributed by atoms with van der Waals surface area (Å²) in [6, 6.07) is 0.485. The third kappa shape index (κ3) is 7.66. The van der Waals surface area contributed by atoms with E-state index in [2.05, 4.69) is 48.2 Å². The number of ether oxygens (including phenoxy) is 1. The molecule has 1 aliphatic rings. The number of hydrogen-bond donors (Lipinski definition) is 2. The number of nitrogens with zero attached hydrogens (tertiary/aromatic N) is 3. The highest BCUT2D eigenvalue weighted by atomic mass is 127. The Morgan fingerprint density at radius 2 is 2.04 bits per heavy atom. The lowest BCUT2D eigenvalue weighted by molar-refractivity contribution is 0.00752. The first-order valence-electron chi connectivity index (χ1n) is 9.41. The van der Waals surface area contributed by atoms with E-state index in [1.54, 1.807) is 11.3 Å². The zero-order valence-electron chi connectivity index (χ0n) is 16.5. The third-order valence-electron chi connectivity index (χ3n) is 4.43. The van der Waals surface area contributed by atoms with Crippen molar-refractivity contribution in [2.75, 3.05) is 39.4 Å². The van der Waals surface area contributed by atoms with Crippen molar-refractivity contribution in [2.45, 2.75) is 46.7 Å². The van der Waals surface area contributed by atoms with Crippen molar-refractivity contribution in [3.63, 3.8) is 0 Å². The van der Waals surface area contributed by atoms with Crippen molar-refractivity contribution in [1.29, 1.82) is 0 Å². The zero-order chi connectivity index (χ0) is 18.1. The summed E-state index contributed by atoms with van der Waals surface area (Å²) in [7, 11) is 0. The lowest BCUT2D eigenvalue weighted by atomic mass is 10.0. The summed E-state index contributed by atoms with van der Waals surface area (Å²) in [5.41, 5.74) is 0. The number of aliphatic imine (C=N–C) groups is 1. The van der Waals surface area contributed by atoms with Gasteiger partial charge in [0.15, 0.2) is 5.96 Å². The van der Waals surface area contributed by atoms with Gasteiger partial charge in [-0.3, -0.25) is 4.90 Å². The highest BCUT2D eigenvalue weighted by Gasteiger charge is 2.23. The average molecular weight is 495 g/mol. The Hall–Kier alpha value is -0.450. The fourth-order valence-corrected chi connectivity index (χ4v) is 3.76. The van der Waals surface area contributed by atoms with Crippen molar-refractivity contribution in [1.82, 2.24) is 20.5 Å². The van der Waals surface area contributed by atoms with E-state index in [1.807, 2.05) is 6.20 Å². The van der Waals surface area contributed by atoms with Crippen molar-refractivity contribution in [3.05, 3.63) is 16.1 Å². The third-order valence-corrected chi connectivity index (χ3v) is 5.56. The number of rotatable bonds is 8. The number of morpholine rings is 1. The van der Waals surface area contributed by atoms with Gasteiger partial charge in [-0.2, -0.15) is 0 Å². The van der Waals surface area contributed by atoms with Crippen LogP contribution in [0.25, 0.3) is 0 Å². The number of thiazole rings is 1. The molecule has 0 radical (unpaired) electrons. The van der Waals surface area contributed by atoms with Crippen LogP contribution in [0, 0.1) is 5.92 Å². The Kier molecular flexibility index (Phi) is 11.7. The molecular formula is C18H34IN5OS. The second kappa shape index (κ2) is 12.9. The van der Waals surface area contributed by atoms with Gasteiger partial charge in [0.1, 0.15) is 5.01 Å². The van der Waals surface area contributed by atoms with Gasteiger partial charge >= 0.3 is 0 Å². The minimum atomic E-state index is 0. The molecule has 0 bridgehead atoms. The zero-order valence-corrected chi connectivity index (χ0v) is 19.6. The van der Waals surface area contributed by atoms with Crippen LogP contribution in [-0.4, -0.2) is 61.3 Å². The predicted octanol–water partition coefficient (Wildman–Crippen LogP) is 2.74. The van der Waals surface area contributed by atoms with E-state index < -0.39 is 0 Å². The Morgan fingerprint density at radius 1 is 1.31 bits per heavy atom. The second-order valence-electron chi connectivity index (χ2n) is 6.61. The van der Waals surface area contributed by atoms with Gasteiger partial charge in [0.25, 0.3) is 0 Å². The number of hydrogen-bond acceptors (Lipinski definition) is 5. The van der Waals surface area contributed by atoms with Crippen LogP contribution in [0.1, 0.15) is 37.6 Å². The van der Waals surface area contributed by atoms with E-state index in [0.29, 0.717) is 18.5 Å². The van der Waals surface area contributed by atoms with Crippen molar-refractivity contribution < 1.29 is 4.74 Å². The van der Waals surface area contributed by atoms with Gasteiger partial charge in [0.2, 0.25) is 0 Å². The minimum absolute atomic E-state index is 0. The molecule has 2 rings (SSSR count). The van der Waals surface area contributed by atoms with E-state index >= 15 is 0 Å². The first-order chi connectivity index (χ1) is 12.1. The Bertz CT molecular complexity index is 531. The Labute approximate surface area is 179 Å². The molecular weight excluding hydrogens is 461 g/mol. The Balaban J connectivity index is 0.00000338. The normalized spacial score (nSPS) is 17.0. The molecule has 1 saturated heterocycles. The molecule has 0 aromatic carbocycles. The number of nitrogens with one attached hydrogen (secondary N) is 2. The lowest BCUT2D eigenvalue weighted by Gasteiger charge is -2.37. The summed E-state index contributed by atoms with van der Waals surface area (Å²) >= 11 is 1.75. The molecule has 6 nitrogen and oxygen atoms in total. The molecule has 1 atom stereocenters. The Morgan fingerprint density at radius 3 is 2.62 bits per heavy atom. The van der Waals surface area contributed by atoms with Gasteiger partial charge in [0, 0.05) is 43.3 Å². The molecule has 1 aromatic heterocycles. The number of halogens is 1. The molecule has 8 heteroatoms. The molecule has 0 aliphatic carbocycles. The lowest BCUT2D eigenvalue weighted by Crippen LogP contribution is -2.52. The van der Waals surface area contributed by atoms with Gasteiger partial charge in [-0.1, -0.05) is 20.8 Å². The number of aromatic nitrogens is 1. The van der Waals surface area contributed by atoms with Crippen LogP contribution in [0.5, 0.6) is 0 Å². The van der Waals surface area contributed by atoms with E-state index in [4.69, 9.17) is 9.73 Å². The van der Waals surface area contributed by atoms with E-state index in [0.717, 1.165) is 56.8 Å². The molecule has 2 N–H and O–H groups in total. The molecule has 1 unspecified atom stereocenters. The van der Waals surface area contributed by atoms with Gasteiger partial charge in [-0.05, 0) is 19.3 Å². The van der Waals surface area contributed by atoms with E-state index in [-0.39, 0.29) is 24.0 Å². The number of guanidine groups is 1. The molecule has 1 fully saturated rings. The van der Waals surface area contributed by atoms with E-state index in [9.17, 15) is 0 Å². The quantitative estimate of drug-likeness (QED) is 0.330. The highest BCUT2D eigenvalue weighted by molar-refractivity contribution is 14.0. The van der Waals surface area contributed by atoms with Crippen LogP contribution >= 0.6 is 35.3 Å². The first kappa shape index (κ1) is 23.6. The molecule has 0 saturated carbocycles. The maximum atomic E-state index is 5.49. The maximum absolute atomic E-state index is 5.49. The summed E-state index contributed by atoms with van der Waals surface area (Å²) in [6.07, 6.45) is 3.00.